The van der Waals surface area contributed by atoms with Gasteiger partial charge in [0, 0.05) is 19.0 Å². The molecule has 5 nitrogen and oxygen atoms in total. The molecule has 1 amide bonds. The Bertz CT molecular complexity index is 863. The number of carbonyl (C=O) groups excluding carboxylic acids is 1. The maximum Gasteiger partial charge on any atom is 0.310 e. The predicted molar refractivity (Wildman–Crippen MR) is 83.2 cm³/mol. The van der Waals surface area contributed by atoms with Crippen LogP contribution in [0.3, 0.4) is 0 Å². The van der Waals surface area contributed by atoms with E-state index in [4.69, 9.17) is 0 Å². The zero-order chi connectivity index (χ0) is 18.9. The van der Waals surface area contributed by atoms with Gasteiger partial charge in [-0.15, -0.1) is 0 Å². The molecule has 2 rings (SSSR count). The Morgan fingerprint density at radius 1 is 1.16 bits per heavy atom. The van der Waals surface area contributed by atoms with Crippen molar-refractivity contribution in [2.75, 3.05) is 0 Å². The number of hydrogen-bond donors (Lipinski definition) is 2. The Labute approximate surface area is 139 Å². The molecule has 0 saturated heterocycles. The summed E-state index contributed by atoms with van der Waals surface area (Å²) in [6.07, 6.45) is 0.395. The van der Waals surface area contributed by atoms with Gasteiger partial charge < -0.3 is 10.3 Å². The maximum absolute atomic E-state index is 12.6. The van der Waals surface area contributed by atoms with Gasteiger partial charge in [0.15, 0.2) is 0 Å². The van der Waals surface area contributed by atoms with Crippen LogP contribution >= 0.6 is 10.2 Å². The molecule has 2 N–H and O–H groups in total. The van der Waals surface area contributed by atoms with Gasteiger partial charge in [0.2, 0.25) is 0 Å². The van der Waals surface area contributed by atoms with Gasteiger partial charge >= 0.3 is 10.2 Å². The molecule has 0 aliphatic rings. The number of hydrogen-bond acceptors (Lipinski definition) is 3. The minimum atomic E-state index is -9.71. The number of rotatable bonds is 5. The first-order chi connectivity index (χ1) is 11.3. The van der Waals surface area contributed by atoms with Crippen molar-refractivity contribution >= 4 is 16.1 Å². The zero-order valence-electron chi connectivity index (χ0n) is 12.9. The van der Waals surface area contributed by atoms with Crippen LogP contribution < -0.4 is 10.9 Å². The molecular weight excluding hydrogens is 369 g/mol. The molecule has 0 aliphatic heterocycles. The van der Waals surface area contributed by atoms with Gasteiger partial charge in [-0.2, -0.15) is 0 Å². The molecule has 0 saturated carbocycles. The van der Waals surface area contributed by atoms with Crippen LogP contribution in [0.5, 0.6) is 0 Å². The van der Waals surface area contributed by atoms with Crippen molar-refractivity contribution in [3.8, 4) is 0 Å². The summed E-state index contributed by atoms with van der Waals surface area (Å²) in [5.74, 6) is -0.407. The minimum Gasteiger partial charge on any atom is -0.347 e. The van der Waals surface area contributed by atoms with Crippen LogP contribution in [0.1, 0.15) is 28.8 Å². The summed E-state index contributed by atoms with van der Waals surface area (Å²) in [5.41, 5.74) is -0.485. The summed E-state index contributed by atoms with van der Waals surface area (Å²) in [4.78, 5) is 27.7. The van der Waals surface area contributed by atoms with Gasteiger partial charge in [0.05, 0.1) is 0 Å². The molecule has 1 aromatic heterocycles. The third-order valence-electron chi connectivity index (χ3n) is 3.18. The molecule has 0 aliphatic carbocycles. The smallest absolute Gasteiger partial charge is 0.310 e. The minimum absolute atomic E-state index is 0.149. The number of benzene rings is 1. The first-order valence-corrected chi connectivity index (χ1v) is 8.95. The van der Waals surface area contributed by atoms with E-state index in [1.807, 2.05) is 0 Å². The van der Waals surface area contributed by atoms with Crippen molar-refractivity contribution in [3.63, 3.8) is 0 Å². The second kappa shape index (κ2) is 5.55. The third kappa shape index (κ3) is 5.02. The fourth-order valence-electron chi connectivity index (χ4n) is 1.93. The topological polar surface area (TPSA) is 74.8 Å². The second-order valence-corrected chi connectivity index (χ2v) is 7.64. The molecule has 1 aromatic carbocycles. The van der Waals surface area contributed by atoms with Gasteiger partial charge in [-0.25, -0.2) is 4.98 Å². The van der Waals surface area contributed by atoms with Gasteiger partial charge in [-0.05, 0) is 17.7 Å². The summed E-state index contributed by atoms with van der Waals surface area (Å²) in [5, 5.41) is 2.36. The Kier molecular flexibility index (Phi) is 4.19. The Morgan fingerprint density at radius 3 is 2.28 bits per heavy atom. The molecule has 25 heavy (non-hydrogen) atoms. The van der Waals surface area contributed by atoms with Crippen molar-refractivity contribution < 1.29 is 24.2 Å². The first-order valence-electron chi connectivity index (χ1n) is 7.00. The van der Waals surface area contributed by atoms with E-state index >= 15 is 0 Å². The van der Waals surface area contributed by atoms with E-state index in [1.165, 1.54) is 0 Å². The number of H-pyrrole nitrogens is 1. The summed E-state index contributed by atoms with van der Waals surface area (Å²) in [6, 6.07) is 3.20. The van der Waals surface area contributed by atoms with E-state index < -0.39 is 26.6 Å². The largest absolute Gasteiger partial charge is 0.347 e. The number of nitrogens with one attached hydrogen (secondary N) is 2. The van der Waals surface area contributed by atoms with E-state index in [2.05, 4.69) is 15.3 Å². The number of aryl methyl sites for hydroxylation is 1. The monoisotopic (exact) mass is 383 g/mol. The number of aromatic amines is 1. The summed E-state index contributed by atoms with van der Waals surface area (Å²) in [6.45, 7) is 1.51. The quantitative estimate of drug-likeness (QED) is 0.769. The fourth-order valence-corrected chi connectivity index (χ4v) is 2.58. The van der Waals surface area contributed by atoms with E-state index in [-0.39, 0.29) is 29.9 Å². The van der Waals surface area contributed by atoms with Gasteiger partial charge in [-0.1, -0.05) is 38.5 Å². The average Bonchev–Trinajstić information content (AvgIpc) is 2.50. The number of carbonyl (C=O) groups is 1. The lowest BCUT2D eigenvalue weighted by Gasteiger charge is -2.40. The highest BCUT2D eigenvalue weighted by atomic mass is 32.5. The summed E-state index contributed by atoms with van der Waals surface area (Å²) < 4.78 is 63.1. The van der Waals surface area contributed by atoms with Crippen LogP contribution in [-0.4, -0.2) is 15.9 Å². The lowest BCUT2D eigenvalue weighted by Crippen LogP contribution is -2.26. The van der Waals surface area contributed by atoms with Crippen LogP contribution in [0.4, 0.5) is 19.4 Å². The van der Waals surface area contributed by atoms with E-state index in [0.29, 0.717) is 12.2 Å². The van der Waals surface area contributed by atoms with Crippen LogP contribution in [-0.2, 0) is 13.0 Å². The number of aromatic nitrogens is 2. The van der Waals surface area contributed by atoms with Crippen molar-refractivity contribution in [1.29, 1.82) is 0 Å². The molecule has 0 radical (unpaired) electrons. The lowest BCUT2D eigenvalue weighted by atomic mass is 10.2. The maximum atomic E-state index is 12.6. The molecule has 1 heterocycles. The molecule has 0 spiro atoms. The normalized spacial score (nSPS) is 14.5. The third-order valence-corrected chi connectivity index (χ3v) is 4.34. The SMILES string of the molecule is CCc1nc(C(=O)NCc2ccc(S(F)(F)(F)(F)F)cc2)cc(=O)[nH]1. The van der Waals surface area contributed by atoms with Gasteiger partial charge in [-0.3, -0.25) is 9.59 Å². The Hall–Kier alpha value is -2.43. The standard InChI is InChI=1S/C14H14F5N3O2S/c1-2-12-21-11(7-13(23)22-12)14(24)20-8-9-3-5-10(6-4-9)25(15,16,17,18)19/h3-7H,2,8H2,1H3,(H,20,24)(H,21,22,23). The van der Waals surface area contributed by atoms with E-state index in [0.717, 1.165) is 18.2 Å². The molecule has 0 bridgehead atoms. The predicted octanol–water partition coefficient (Wildman–Crippen LogP) is 3.92. The number of nitrogens with zero attached hydrogens (tertiary/aromatic N) is 1. The highest BCUT2D eigenvalue weighted by molar-refractivity contribution is 8.45. The fraction of sp³-hybridized carbons (Fsp3) is 0.214. The molecule has 0 atom stereocenters. The molecule has 138 valence electrons. The Morgan fingerprint density at radius 2 is 1.76 bits per heavy atom. The second-order valence-electron chi connectivity index (χ2n) is 5.23. The number of amides is 1. The van der Waals surface area contributed by atoms with Crippen LogP contribution in [0.2, 0.25) is 0 Å². The molecule has 11 heteroatoms. The zero-order valence-corrected chi connectivity index (χ0v) is 13.7. The van der Waals surface area contributed by atoms with Gasteiger partial charge in [0.1, 0.15) is 16.4 Å². The Balaban J connectivity index is 2.11. The van der Waals surface area contributed by atoms with E-state index in [1.54, 1.807) is 6.92 Å². The van der Waals surface area contributed by atoms with Crippen LogP contribution in [0.25, 0.3) is 0 Å². The molecule has 0 fully saturated rings. The van der Waals surface area contributed by atoms with Crippen LogP contribution in [0.15, 0.2) is 40.0 Å². The molecule has 2 aromatic rings. The van der Waals surface area contributed by atoms with Crippen molar-refractivity contribution in [2.45, 2.75) is 24.8 Å². The highest BCUT2D eigenvalue weighted by Crippen LogP contribution is 3.02. The first kappa shape index (κ1) is 18.9. The highest BCUT2D eigenvalue weighted by Gasteiger charge is 2.65. The van der Waals surface area contributed by atoms with Crippen molar-refractivity contribution in [3.05, 3.63) is 57.8 Å². The molecule has 0 unspecified atom stereocenters. The van der Waals surface area contributed by atoms with Gasteiger partial charge in [0.25, 0.3) is 11.5 Å². The number of halogens is 5. The van der Waals surface area contributed by atoms with Crippen LogP contribution in [0, 0.1) is 0 Å². The van der Waals surface area contributed by atoms with Crippen molar-refractivity contribution in [2.24, 2.45) is 0 Å². The van der Waals surface area contributed by atoms with E-state index in [9.17, 15) is 29.0 Å². The summed E-state index contributed by atoms with van der Waals surface area (Å²) in [7, 11) is -9.71. The summed E-state index contributed by atoms with van der Waals surface area (Å²) >= 11 is 0. The van der Waals surface area contributed by atoms with Crippen molar-refractivity contribution in [1.82, 2.24) is 15.3 Å². The average molecular weight is 383 g/mol. The molecular formula is C14H14F5N3O2S. The lowest BCUT2D eigenvalue weighted by molar-refractivity contribution is 0.0945.